The highest BCUT2D eigenvalue weighted by atomic mass is 127. The summed E-state index contributed by atoms with van der Waals surface area (Å²) in [7, 11) is 1.79. The lowest BCUT2D eigenvalue weighted by molar-refractivity contribution is -0.106. The summed E-state index contributed by atoms with van der Waals surface area (Å²) in [4.78, 5) is 8.70. The highest BCUT2D eigenvalue weighted by Crippen LogP contribution is 2.52. The number of nitrogens with one attached hydrogen (secondary N) is 2. The number of rotatable bonds is 3. The van der Waals surface area contributed by atoms with Gasteiger partial charge in [-0.15, -0.1) is 24.0 Å². The molecule has 1 aliphatic carbocycles. The van der Waals surface area contributed by atoms with Crippen LogP contribution in [0.5, 0.6) is 0 Å². The fourth-order valence-corrected chi connectivity index (χ4v) is 3.73. The molecule has 3 atom stereocenters. The monoisotopic (exact) mass is 434 g/mol. The lowest BCUT2D eigenvalue weighted by Gasteiger charge is -2.54. The van der Waals surface area contributed by atoms with Crippen molar-refractivity contribution in [1.82, 2.24) is 15.6 Å². The predicted octanol–water partition coefficient (Wildman–Crippen LogP) is 2.39. The fraction of sp³-hybridized carbons (Fsp3) is 0.750. The zero-order valence-corrected chi connectivity index (χ0v) is 16.8. The van der Waals surface area contributed by atoms with E-state index >= 15 is 0 Å². The standard InChI is InChI=1S/C16H26N4O2.HI/c1-9-10(2)22-12(19-9)8-18-15(17-5)20-13-11-6-7-21-14(11)16(13,3)4;/h11,13-14H,6-8H2,1-5H3,(H2,17,18,20);1H. The quantitative estimate of drug-likeness (QED) is 0.435. The van der Waals surface area contributed by atoms with Gasteiger partial charge in [0.15, 0.2) is 5.96 Å². The zero-order valence-electron chi connectivity index (χ0n) is 14.5. The highest BCUT2D eigenvalue weighted by molar-refractivity contribution is 14.0. The lowest BCUT2D eigenvalue weighted by Crippen LogP contribution is -2.67. The van der Waals surface area contributed by atoms with Gasteiger partial charge in [-0.25, -0.2) is 4.98 Å². The average Bonchev–Trinajstić information content (AvgIpc) is 3.05. The molecule has 1 saturated heterocycles. The van der Waals surface area contributed by atoms with Crippen molar-refractivity contribution < 1.29 is 9.15 Å². The number of oxazole rings is 1. The van der Waals surface area contributed by atoms with E-state index in [1.54, 1.807) is 7.05 Å². The van der Waals surface area contributed by atoms with Crippen molar-refractivity contribution in [3.05, 3.63) is 17.3 Å². The second kappa shape index (κ2) is 6.96. The molecule has 0 aromatic carbocycles. The minimum atomic E-state index is 0. The first kappa shape index (κ1) is 18.5. The average molecular weight is 434 g/mol. The van der Waals surface area contributed by atoms with Crippen LogP contribution in [0.15, 0.2) is 9.41 Å². The minimum Gasteiger partial charge on any atom is -0.444 e. The molecule has 2 fully saturated rings. The third kappa shape index (κ3) is 3.35. The minimum absolute atomic E-state index is 0. The molecule has 130 valence electrons. The maximum Gasteiger partial charge on any atom is 0.214 e. The SMILES string of the molecule is CN=C(NCc1nc(C)c(C)o1)NC1C2CCOC2C1(C)C.I. The predicted molar refractivity (Wildman–Crippen MR) is 100 cm³/mol. The van der Waals surface area contributed by atoms with E-state index in [1.807, 2.05) is 13.8 Å². The Kier molecular flexibility index (Phi) is 5.60. The molecule has 2 aliphatic rings. The molecule has 3 unspecified atom stereocenters. The Hall–Kier alpha value is -0.830. The van der Waals surface area contributed by atoms with Crippen molar-refractivity contribution in [2.24, 2.45) is 16.3 Å². The summed E-state index contributed by atoms with van der Waals surface area (Å²) in [5.41, 5.74) is 1.07. The molecule has 2 heterocycles. The summed E-state index contributed by atoms with van der Waals surface area (Å²) in [6.07, 6.45) is 1.50. The van der Waals surface area contributed by atoms with Crippen molar-refractivity contribution in [3.63, 3.8) is 0 Å². The number of aliphatic imine (C=N–C) groups is 1. The number of ether oxygens (including phenoxy) is 1. The van der Waals surface area contributed by atoms with E-state index in [0.29, 0.717) is 30.5 Å². The van der Waals surface area contributed by atoms with Crippen molar-refractivity contribution >= 4 is 29.9 Å². The van der Waals surface area contributed by atoms with Gasteiger partial charge in [0.05, 0.1) is 18.3 Å². The summed E-state index contributed by atoms with van der Waals surface area (Å²) in [5.74, 6) is 2.93. The van der Waals surface area contributed by atoms with E-state index in [0.717, 1.165) is 30.4 Å². The molecular weight excluding hydrogens is 407 g/mol. The molecule has 1 aromatic rings. The van der Waals surface area contributed by atoms with E-state index in [1.165, 1.54) is 0 Å². The first-order chi connectivity index (χ1) is 10.4. The van der Waals surface area contributed by atoms with Crippen molar-refractivity contribution in [3.8, 4) is 0 Å². The molecule has 3 rings (SSSR count). The highest BCUT2D eigenvalue weighted by Gasteiger charge is 2.59. The smallest absolute Gasteiger partial charge is 0.214 e. The van der Waals surface area contributed by atoms with Gasteiger partial charge < -0.3 is 19.8 Å². The molecule has 1 aromatic heterocycles. The summed E-state index contributed by atoms with van der Waals surface area (Å²) >= 11 is 0. The normalized spacial score (nSPS) is 28.6. The van der Waals surface area contributed by atoms with Crippen molar-refractivity contribution in [2.45, 2.75) is 52.8 Å². The lowest BCUT2D eigenvalue weighted by atomic mass is 9.57. The first-order valence-corrected chi connectivity index (χ1v) is 7.95. The molecule has 0 amide bonds. The van der Waals surface area contributed by atoms with Gasteiger partial charge in [0.25, 0.3) is 0 Å². The zero-order chi connectivity index (χ0) is 15.9. The van der Waals surface area contributed by atoms with E-state index in [4.69, 9.17) is 9.15 Å². The van der Waals surface area contributed by atoms with E-state index < -0.39 is 0 Å². The summed E-state index contributed by atoms with van der Waals surface area (Å²) in [5, 5.41) is 6.83. The summed E-state index contributed by atoms with van der Waals surface area (Å²) in [6.45, 7) is 9.79. The Morgan fingerprint density at radius 1 is 1.39 bits per heavy atom. The van der Waals surface area contributed by atoms with Crippen LogP contribution in [0.2, 0.25) is 0 Å². The van der Waals surface area contributed by atoms with Crippen LogP contribution < -0.4 is 10.6 Å². The number of halogens is 1. The molecule has 2 N–H and O–H groups in total. The molecular formula is C16H27IN4O2. The topological polar surface area (TPSA) is 71.7 Å². The van der Waals surface area contributed by atoms with Crippen LogP contribution in [0, 0.1) is 25.2 Å². The van der Waals surface area contributed by atoms with Crippen molar-refractivity contribution in [1.29, 1.82) is 0 Å². The molecule has 7 heteroatoms. The third-order valence-corrected chi connectivity index (χ3v) is 5.10. The first-order valence-electron chi connectivity index (χ1n) is 7.95. The van der Waals surface area contributed by atoms with Gasteiger partial charge >= 0.3 is 0 Å². The van der Waals surface area contributed by atoms with E-state index in [9.17, 15) is 0 Å². The largest absolute Gasteiger partial charge is 0.444 e. The van der Waals surface area contributed by atoms with Crippen LogP contribution in [0.3, 0.4) is 0 Å². The van der Waals surface area contributed by atoms with Crippen LogP contribution >= 0.6 is 24.0 Å². The molecule has 0 bridgehead atoms. The molecule has 23 heavy (non-hydrogen) atoms. The van der Waals surface area contributed by atoms with Gasteiger partial charge in [-0.1, -0.05) is 13.8 Å². The summed E-state index contributed by atoms with van der Waals surface area (Å²) in [6, 6.07) is 0.388. The number of hydrogen-bond donors (Lipinski definition) is 2. The Labute approximate surface area is 154 Å². The maximum absolute atomic E-state index is 5.83. The van der Waals surface area contributed by atoms with Gasteiger partial charge in [0.2, 0.25) is 5.89 Å². The Bertz CT molecular complexity index is 565. The van der Waals surface area contributed by atoms with Crippen LogP contribution in [-0.4, -0.2) is 36.7 Å². The van der Waals surface area contributed by atoms with Crippen LogP contribution in [-0.2, 0) is 11.3 Å². The van der Waals surface area contributed by atoms with Gasteiger partial charge in [-0.05, 0) is 20.3 Å². The Morgan fingerprint density at radius 2 is 2.13 bits per heavy atom. The molecule has 0 spiro atoms. The number of hydrogen-bond acceptors (Lipinski definition) is 4. The number of fused-ring (bicyclic) bond motifs is 1. The second-order valence-electron chi connectivity index (χ2n) is 6.86. The Balaban J connectivity index is 0.00000192. The molecule has 1 saturated carbocycles. The van der Waals surface area contributed by atoms with Crippen LogP contribution in [0.1, 0.15) is 37.6 Å². The Morgan fingerprint density at radius 3 is 2.74 bits per heavy atom. The number of nitrogens with zero attached hydrogens (tertiary/aromatic N) is 2. The molecule has 0 radical (unpaired) electrons. The van der Waals surface area contributed by atoms with Gasteiger partial charge in [0.1, 0.15) is 5.76 Å². The second-order valence-corrected chi connectivity index (χ2v) is 6.86. The van der Waals surface area contributed by atoms with Crippen LogP contribution in [0.25, 0.3) is 0 Å². The van der Waals surface area contributed by atoms with Crippen LogP contribution in [0.4, 0.5) is 0 Å². The summed E-state index contributed by atoms with van der Waals surface area (Å²) < 4.78 is 11.4. The van der Waals surface area contributed by atoms with E-state index in [-0.39, 0.29) is 29.4 Å². The third-order valence-electron chi connectivity index (χ3n) is 5.10. The number of aromatic nitrogens is 1. The fourth-order valence-electron chi connectivity index (χ4n) is 3.73. The maximum atomic E-state index is 5.83. The van der Waals surface area contributed by atoms with Crippen molar-refractivity contribution in [2.75, 3.05) is 13.7 Å². The molecule has 6 nitrogen and oxygen atoms in total. The van der Waals surface area contributed by atoms with Gasteiger partial charge in [-0.2, -0.15) is 0 Å². The van der Waals surface area contributed by atoms with E-state index in [2.05, 4.69) is 34.5 Å². The molecule has 1 aliphatic heterocycles. The number of aryl methyl sites for hydroxylation is 2. The van der Waals surface area contributed by atoms with Gasteiger partial charge in [0, 0.05) is 31.0 Å². The number of guanidine groups is 1. The van der Waals surface area contributed by atoms with Gasteiger partial charge in [-0.3, -0.25) is 4.99 Å².